The summed E-state index contributed by atoms with van der Waals surface area (Å²) in [4.78, 5) is 0.577. The second kappa shape index (κ2) is 11.6. The van der Waals surface area contributed by atoms with Crippen molar-refractivity contribution in [1.29, 1.82) is 0 Å². The van der Waals surface area contributed by atoms with Gasteiger partial charge in [-0.2, -0.15) is 13.2 Å². The number of rotatable bonds is 11. The molecule has 0 aliphatic carbocycles. The number of ether oxygens (including phenoxy) is 2. The SMILES string of the molecule is CCc1cc(OCC(F)(F)CN(Cc2cccc(OC(F)(F)F)c2)CC(O)C(F)(F)F)ccc1Cl. The van der Waals surface area contributed by atoms with Crippen LogP contribution in [0, 0.1) is 0 Å². The summed E-state index contributed by atoms with van der Waals surface area (Å²) in [6.45, 7) is -2.56. The predicted molar refractivity (Wildman–Crippen MR) is 112 cm³/mol. The number of benzene rings is 2. The Balaban J connectivity index is 2.16. The van der Waals surface area contributed by atoms with Crippen molar-refractivity contribution in [2.45, 2.75) is 44.5 Å². The maximum absolute atomic E-state index is 14.6. The van der Waals surface area contributed by atoms with Crippen LogP contribution in [0.1, 0.15) is 18.1 Å². The molecule has 2 aromatic rings. The maximum atomic E-state index is 14.6. The Morgan fingerprint density at radius 3 is 2.26 bits per heavy atom. The Labute approximate surface area is 201 Å². The lowest BCUT2D eigenvalue weighted by Gasteiger charge is -2.30. The van der Waals surface area contributed by atoms with Crippen molar-refractivity contribution in [3.05, 3.63) is 58.6 Å². The molecule has 2 rings (SSSR count). The maximum Gasteiger partial charge on any atom is 0.573 e. The molecule has 1 unspecified atom stereocenters. The normalized spacial score (nSPS) is 13.7. The third-order valence-electron chi connectivity index (χ3n) is 4.65. The number of nitrogens with zero attached hydrogens (tertiary/aromatic N) is 1. The van der Waals surface area contributed by atoms with Gasteiger partial charge in [0.25, 0.3) is 5.92 Å². The van der Waals surface area contributed by atoms with Gasteiger partial charge in [-0.25, -0.2) is 8.78 Å². The molecule has 0 saturated heterocycles. The van der Waals surface area contributed by atoms with Crippen LogP contribution in [0.5, 0.6) is 11.5 Å². The van der Waals surface area contributed by atoms with E-state index in [0.717, 1.165) is 18.2 Å². The van der Waals surface area contributed by atoms with E-state index in [1.165, 1.54) is 24.3 Å². The van der Waals surface area contributed by atoms with E-state index in [1.54, 1.807) is 6.92 Å². The number of hydrogen-bond donors (Lipinski definition) is 1. The Kier molecular flexibility index (Phi) is 9.60. The fourth-order valence-electron chi connectivity index (χ4n) is 3.11. The Morgan fingerprint density at radius 1 is 0.971 bits per heavy atom. The van der Waals surface area contributed by atoms with Crippen molar-refractivity contribution < 1.29 is 49.7 Å². The van der Waals surface area contributed by atoms with Gasteiger partial charge in [-0.1, -0.05) is 30.7 Å². The summed E-state index contributed by atoms with van der Waals surface area (Å²) in [6.07, 6.45) is -12.6. The van der Waals surface area contributed by atoms with Gasteiger partial charge in [-0.3, -0.25) is 4.90 Å². The minimum atomic E-state index is -5.09. The molecule has 35 heavy (non-hydrogen) atoms. The van der Waals surface area contributed by atoms with Gasteiger partial charge in [0.1, 0.15) is 11.5 Å². The number of alkyl halides is 8. The first-order valence-corrected chi connectivity index (χ1v) is 10.6. The Bertz CT molecular complexity index is 968. The molecule has 0 fully saturated rings. The van der Waals surface area contributed by atoms with Gasteiger partial charge in [0.05, 0.1) is 6.54 Å². The van der Waals surface area contributed by atoms with Gasteiger partial charge in [-0.15, -0.1) is 13.2 Å². The second-order valence-electron chi connectivity index (χ2n) is 7.67. The fourth-order valence-corrected chi connectivity index (χ4v) is 3.36. The van der Waals surface area contributed by atoms with E-state index >= 15 is 0 Å². The Hall–Kier alpha value is -2.31. The van der Waals surface area contributed by atoms with Gasteiger partial charge in [0.2, 0.25) is 0 Å². The highest BCUT2D eigenvalue weighted by Crippen LogP contribution is 2.28. The van der Waals surface area contributed by atoms with E-state index in [0.29, 0.717) is 21.9 Å². The van der Waals surface area contributed by atoms with E-state index in [2.05, 4.69) is 4.74 Å². The van der Waals surface area contributed by atoms with Crippen LogP contribution in [0.3, 0.4) is 0 Å². The first kappa shape index (κ1) is 28.9. The summed E-state index contributed by atoms with van der Waals surface area (Å²) in [5.74, 6) is -4.28. The lowest BCUT2D eigenvalue weighted by Crippen LogP contribution is -2.46. The summed E-state index contributed by atoms with van der Waals surface area (Å²) >= 11 is 5.97. The molecular weight excluding hydrogens is 514 g/mol. The van der Waals surface area contributed by atoms with E-state index in [4.69, 9.17) is 16.3 Å². The minimum Gasteiger partial charge on any atom is -0.487 e. The number of aliphatic hydroxyl groups excluding tert-OH is 1. The van der Waals surface area contributed by atoms with Crippen molar-refractivity contribution in [3.8, 4) is 11.5 Å². The third kappa shape index (κ3) is 10.1. The molecule has 1 N–H and O–H groups in total. The molecule has 196 valence electrons. The van der Waals surface area contributed by atoms with Gasteiger partial charge in [0, 0.05) is 18.1 Å². The molecule has 13 heteroatoms. The van der Waals surface area contributed by atoms with Crippen LogP contribution in [-0.2, 0) is 13.0 Å². The number of hydrogen-bond acceptors (Lipinski definition) is 4. The quantitative estimate of drug-likeness (QED) is 0.346. The topological polar surface area (TPSA) is 41.9 Å². The zero-order chi connectivity index (χ0) is 26.4. The first-order chi connectivity index (χ1) is 16.1. The summed E-state index contributed by atoms with van der Waals surface area (Å²) in [5.41, 5.74) is 0.603. The molecule has 0 saturated carbocycles. The van der Waals surface area contributed by atoms with Crippen molar-refractivity contribution >= 4 is 11.6 Å². The molecule has 0 aromatic heterocycles. The lowest BCUT2D eigenvalue weighted by molar-refractivity contribution is -0.274. The molecule has 1 atom stereocenters. The second-order valence-corrected chi connectivity index (χ2v) is 8.08. The zero-order valence-electron chi connectivity index (χ0n) is 18.3. The van der Waals surface area contributed by atoms with Crippen LogP contribution in [0.15, 0.2) is 42.5 Å². The Morgan fingerprint density at radius 2 is 1.66 bits per heavy atom. The highest BCUT2D eigenvalue weighted by Gasteiger charge is 2.41. The number of aryl methyl sites for hydroxylation is 1. The molecule has 0 aliphatic rings. The molecule has 0 spiro atoms. The van der Waals surface area contributed by atoms with Crippen LogP contribution in [0.2, 0.25) is 5.02 Å². The summed E-state index contributed by atoms with van der Waals surface area (Å²) in [6, 6.07) is 8.42. The van der Waals surface area contributed by atoms with Crippen molar-refractivity contribution in [2.24, 2.45) is 0 Å². The molecule has 0 amide bonds. The number of halogens is 9. The lowest BCUT2D eigenvalue weighted by atomic mass is 10.1. The van der Waals surface area contributed by atoms with Crippen molar-refractivity contribution in [1.82, 2.24) is 4.90 Å². The van der Waals surface area contributed by atoms with Crippen LogP contribution in [0.4, 0.5) is 35.1 Å². The average molecular weight is 536 g/mol. The van der Waals surface area contributed by atoms with Gasteiger partial charge < -0.3 is 14.6 Å². The van der Waals surface area contributed by atoms with Crippen LogP contribution in [-0.4, -0.2) is 54.3 Å². The molecular formula is C22H22ClF8NO3. The van der Waals surface area contributed by atoms with E-state index in [-0.39, 0.29) is 11.3 Å². The highest BCUT2D eigenvalue weighted by molar-refractivity contribution is 6.31. The first-order valence-electron chi connectivity index (χ1n) is 10.2. The van der Waals surface area contributed by atoms with E-state index in [9.17, 15) is 40.2 Å². The van der Waals surface area contributed by atoms with E-state index in [1.807, 2.05) is 0 Å². The van der Waals surface area contributed by atoms with Crippen molar-refractivity contribution in [3.63, 3.8) is 0 Å². The molecule has 0 heterocycles. The summed E-state index contributed by atoms with van der Waals surface area (Å²) in [7, 11) is 0. The summed E-state index contributed by atoms with van der Waals surface area (Å²) < 4.78 is 114. The standard InChI is InChI=1S/C22H22ClF8NO3/c1-2-15-9-16(6-7-18(15)23)34-13-20(24,25)12-32(11-19(33)21(26,27)28)10-14-4-3-5-17(8-14)35-22(29,30)31/h3-9,19,33H,2,10-13H2,1H3. The van der Waals surface area contributed by atoms with Gasteiger partial charge >= 0.3 is 12.5 Å². The monoisotopic (exact) mass is 535 g/mol. The average Bonchev–Trinajstić information content (AvgIpc) is 2.71. The summed E-state index contributed by atoms with van der Waals surface area (Å²) in [5, 5.41) is 9.81. The highest BCUT2D eigenvalue weighted by atomic mass is 35.5. The predicted octanol–water partition coefficient (Wildman–Crippen LogP) is 6.24. The smallest absolute Gasteiger partial charge is 0.487 e. The molecule has 4 nitrogen and oxygen atoms in total. The van der Waals surface area contributed by atoms with Crippen LogP contribution >= 0.6 is 11.6 Å². The van der Waals surface area contributed by atoms with Gasteiger partial charge in [0.15, 0.2) is 12.7 Å². The minimum absolute atomic E-state index is 0.0388. The van der Waals surface area contributed by atoms with E-state index < -0.39 is 56.6 Å². The molecule has 0 aliphatic heterocycles. The largest absolute Gasteiger partial charge is 0.573 e. The van der Waals surface area contributed by atoms with Crippen molar-refractivity contribution in [2.75, 3.05) is 19.7 Å². The zero-order valence-corrected chi connectivity index (χ0v) is 19.0. The molecule has 0 bridgehead atoms. The third-order valence-corrected chi connectivity index (χ3v) is 5.02. The molecule has 0 radical (unpaired) electrons. The van der Waals surface area contributed by atoms with Gasteiger partial charge in [-0.05, 0) is 47.9 Å². The van der Waals surface area contributed by atoms with Crippen LogP contribution in [0.25, 0.3) is 0 Å². The molecule has 2 aromatic carbocycles. The fraction of sp³-hybridized carbons (Fsp3) is 0.455. The number of aliphatic hydroxyl groups is 1. The van der Waals surface area contributed by atoms with Crippen LogP contribution < -0.4 is 9.47 Å².